The largest absolute Gasteiger partial charge is 0.355 e. The smallest absolute Gasteiger partial charge is 0.147 e. The van der Waals surface area contributed by atoms with E-state index in [4.69, 9.17) is 0 Å². The quantitative estimate of drug-likeness (QED) is 0.890. The number of aromatic nitrogens is 4. The van der Waals surface area contributed by atoms with Gasteiger partial charge in [0.2, 0.25) is 0 Å². The summed E-state index contributed by atoms with van der Waals surface area (Å²) in [6.07, 6.45) is 10.7. The molecule has 1 fully saturated rings. The van der Waals surface area contributed by atoms with Crippen molar-refractivity contribution in [3.05, 3.63) is 36.5 Å². The van der Waals surface area contributed by atoms with E-state index in [0.29, 0.717) is 5.92 Å². The Hall–Kier alpha value is -1.91. The van der Waals surface area contributed by atoms with Crippen LogP contribution in [0.1, 0.15) is 18.5 Å². The van der Waals surface area contributed by atoms with Crippen LogP contribution in [-0.4, -0.2) is 33.3 Å². The fourth-order valence-corrected chi connectivity index (χ4v) is 2.60. The van der Waals surface area contributed by atoms with Crippen molar-refractivity contribution in [3.63, 3.8) is 0 Å². The first-order valence-corrected chi connectivity index (χ1v) is 6.41. The Morgan fingerprint density at radius 2 is 2.33 bits per heavy atom. The molecule has 1 saturated heterocycles. The van der Waals surface area contributed by atoms with Crippen LogP contribution in [0.2, 0.25) is 0 Å². The highest BCUT2D eigenvalue weighted by molar-refractivity contribution is 5.35. The Bertz CT molecular complexity index is 467. The number of hydrogen-bond donors (Lipinski definition) is 1. The van der Waals surface area contributed by atoms with Gasteiger partial charge in [0.1, 0.15) is 5.82 Å². The number of hydrogen-bond acceptors (Lipinski definition) is 4. The number of nitrogens with one attached hydrogen (secondary N) is 1. The van der Waals surface area contributed by atoms with Crippen molar-refractivity contribution in [1.29, 1.82) is 0 Å². The fraction of sp³-hybridized carbons (Fsp3) is 0.462. The summed E-state index contributed by atoms with van der Waals surface area (Å²) in [5, 5.41) is 7.05. The highest BCUT2D eigenvalue weighted by atomic mass is 15.2. The van der Waals surface area contributed by atoms with Crippen LogP contribution in [0.15, 0.2) is 30.9 Å². The number of nitrogens with zero attached hydrogens (tertiary/aromatic N) is 4. The highest BCUT2D eigenvalue weighted by Gasteiger charge is 2.21. The molecule has 2 aromatic rings. The minimum Gasteiger partial charge on any atom is -0.355 e. The van der Waals surface area contributed by atoms with E-state index in [9.17, 15) is 0 Å². The van der Waals surface area contributed by atoms with Gasteiger partial charge in [0.05, 0.1) is 6.20 Å². The van der Waals surface area contributed by atoms with Gasteiger partial charge in [-0.05, 0) is 31.2 Å². The Labute approximate surface area is 106 Å². The van der Waals surface area contributed by atoms with Gasteiger partial charge in [-0.2, -0.15) is 5.10 Å². The monoisotopic (exact) mass is 243 g/mol. The van der Waals surface area contributed by atoms with Crippen molar-refractivity contribution in [2.24, 2.45) is 5.92 Å². The maximum Gasteiger partial charge on any atom is 0.147 e. The zero-order valence-corrected chi connectivity index (χ0v) is 10.3. The van der Waals surface area contributed by atoms with Crippen molar-refractivity contribution in [1.82, 2.24) is 20.2 Å². The van der Waals surface area contributed by atoms with Crippen LogP contribution in [0.25, 0.3) is 0 Å². The first-order chi connectivity index (χ1) is 8.92. The third-order valence-electron chi connectivity index (χ3n) is 3.46. The average molecular weight is 243 g/mol. The highest BCUT2D eigenvalue weighted by Crippen LogP contribution is 2.23. The van der Waals surface area contributed by atoms with Crippen LogP contribution in [0.5, 0.6) is 0 Å². The standard InChI is InChI=1S/C13H17N5/c1-2-11(8-12-3-4-16-17-12)10-18(7-1)13-9-14-5-6-15-13/h3-6,9,11H,1-2,7-8,10H2,(H,16,17)/t11-/m0/s1. The molecule has 0 unspecified atom stereocenters. The van der Waals surface area contributed by atoms with Gasteiger partial charge in [0, 0.05) is 37.4 Å². The molecule has 1 N–H and O–H groups in total. The summed E-state index contributed by atoms with van der Waals surface area (Å²) in [7, 11) is 0. The molecular weight excluding hydrogens is 226 g/mol. The third kappa shape index (κ3) is 2.50. The van der Waals surface area contributed by atoms with Gasteiger partial charge >= 0.3 is 0 Å². The number of piperidine rings is 1. The molecule has 0 bridgehead atoms. The molecule has 1 aliphatic rings. The molecule has 2 aromatic heterocycles. The summed E-state index contributed by atoms with van der Waals surface area (Å²) in [5.41, 5.74) is 1.22. The number of aromatic amines is 1. The van der Waals surface area contributed by atoms with Gasteiger partial charge in [0.25, 0.3) is 0 Å². The molecule has 1 atom stereocenters. The molecule has 1 aliphatic heterocycles. The topological polar surface area (TPSA) is 57.7 Å². The predicted molar refractivity (Wildman–Crippen MR) is 69.3 cm³/mol. The summed E-state index contributed by atoms with van der Waals surface area (Å²) in [6.45, 7) is 2.13. The Morgan fingerprint density at radius 1 is 1.33 bits per heavy atom. The van der Waals surface area contributed by atoms with Crippen LogP contribution in [0.4, 0.5) is 5.82 Å². The molecule has 5 nitrogen and oxygen atoms in total. The van der Waals surface area contributed by atoms with Crippen molar-refractivity contribution in [2.45, 2.75) is 19.3 Å². The lowest BCUT2D eigenvalue weighted by Gasteiger charge is -2.33. The van der Waals surface area contributed by atoms with E-state index >= 15 is 0 Å². The molecule has 3 rings (SSSR count). The maximum atomic E-state index is 4.38. The second-order valence-corrected chi connectivity index (χ2v) is 4.80. The molecule has 94 valence electrons. The second kappa shape index (κ2) is 5.16. The van der Waals surface area contributed by atoms with Gasteiger partial charge in [-0.1, -0.05) is 0 Å². The fourth-order valence-electron chi connectivity index (χ4n) is 2.60. The Kier molecular flexibility index (Phi) is 3.21. The summed E-state index contributed by atoms with van der Waals surface area (Å²) in [6, 6.07) is 2.06. The van der Waals surface area contributed by atoms with Gasteiger partial charge in [-0.15, -0.1) is 0 Å². The molecular formula is C13H17N5. The molecule has 0 aromatic carbocycles. The number of rotatable bonds is 3. The first-order valence-electron chi connectivity index (χ1n) is 6.41. The van der Waals surface area contributed by atoms with E-state index < -0.39 is 0 Å². The lowest BCUT2D eigenvalue weighted by atomic mass is 9.93. The van der Waals surface area contributed by atoms with Gasteiger partial charge < -0.3 is 4.90 Å². The van der Waals surface area contributed by atoms with E-state index in [-0.39, 0.29) is 0 Å². The average Bonchev–Trinajstić information content (AvgIpc) is 2.93. The van der Waals surface area contributed by atoms with Crippen molar-refractivity contribution in [2.75, 3.05) is 18.0 Å². The molecule has 5 heteroatoms. The van der Waals surface area contributed by atoms with Crippen molar-refractivity contribution >= 4 is 5.82 Å². The summed E-state index contributed by atoms with van der Waals surface area (Å²) in [5.74, 6) is 1.66. The van der Waals surface area contributed by atoms with E-state index in [1.54, 1.807) is 12.4 Å². The zero-order chi connectivity index (χ0) is 12.2. The lowest BCUT2D eigenvalue weighted by Crippen LogP contribution is -2.36. The molecule has 0 radical (unpaired) electrons. The minimum absolute atomic E-state index is 0.668. The van der Waals surface area contributed by atoms with Crippen LogP contribution in [0, 0.1) is 5.92 Å². The van der Waals surface area contributed by atoms with Crippen LogP contribution in [0.3, 0.4) is 0 Å². The molecule has 0 amide bonds. The summed E-state index contributed by atoms with van der Waals surface area (Å²) in [4.78, 5) is 10.8. The molecule has 0 saturated carbocycles. The lowest BCUT2D eigenvalue weighted by molar-refractivity contribution is 0.408. The number of H-pyrrole nitrogens is 1. The molecule has 3 heterocycles. The number of anilines is 1. The Balaban J connectivity index is 1.65. The van der Waals surface area contributed by atoms with E-state index in [1.807, 2.05) is 12.4 Å². The predicted octanol–water partition coefficient (Wildman–Crippen LogP) is 1.66. The van der Waals surface area contributed by atoms with Crippen LogP contribution >= 0.6 is 0 Å². The molecule has 0 aliphatic carbocycles. The Morgan fingerprint density at radius 3 is 3.11 bits per heavy atom. The minimum atomic E-state index is 0.668. The second-order valence-electron chi connectivity index (χ2n) is 4.80. The van der Waals surface area contributed by atoms with E-state index in [1.165, 1.54) is 18.5 Å². The first kappa shape index (κ1) is 11.2. The van der Waals surface area contributed by atoms with Crippen LogP contribution < -0.4 is 4.90 Å². The van der Waals surface area contributed by atoms with Gasteiger partial charge in [0.15, 0.2) is 0 Å². The van der Waals surface area contributed by atoms with E-state index in [0.717, 1.165) is 25.3 Å². The van der Waals surface area contributed by atoms with Gasteiger partial charge in [-0.3, -0.25) is 10.1 Å². The third-order valence-corrected chi connectivity index (χ3v) is 3.46. The van der Waals surface area contributed by atoms with Crippen molar-refractivity contribution in [3.8, 4) is 0 Å². The van der Waals surface area contributed by atoms with Crippen molar-refractivity contribution < 1.29 is 0 Å². The molecule has 0 spiro atoms. The SMILES string of the molecule is c1cnc(N2CCC[C@@H](Cc3ccn[nH]3)C2)cn1. The molecule has 18 heavy (non-hydrogen) atoms. The van der Waals surface area contributed by atoms with Gasteiger partial charge in [-0.25, -0.2) is 4.98 Å². The maximum absolute atomic E-state index is 4.38. The van der Waals surface area contributed by atoms with Crippen LogP contribution in [-0.2, 0) is 6.42 Å². The summed E-state index contributed by atoms with van der Waals surface area (Å²) < 4.78 is 0. The van der Waals surface area contributed by atoms with E-state index in [2.05, 4.69) is 31.1 Å². The normalized spacial score (nSPS) is 20.0. The zero-order valence-electron chi connectivity index (χ0n) is 10.3. The summed E-state index contributed by atoms with van der Waals surface area (Å²) >= 11 is 0.